The maximum Gasteiger partial charge on any atom is 0.213 e. The van der Waals surface area contributed by atoms with Crippen LogP contribution in [0.15, 0.2) is 85.1 Å². The zero-order chi connectivity index (χ0) is 22.1. The van der Waals surface area contributed by atoms with Crippen LogP contribution in [-0.4, -0.2) is 0 Å². The lowest BCUT2D eigenvalue weighted by Crippen LogP contribution is -2.32. The topological polar surface area (TPSA) is 3.88 Å². The number of hydrogen-bond acceptors (Lipinski definition) is 0. The molecule has 32 heavy (non-hydrogen) atoms. The Morgan fingerprint density at radius 2 is 1.34 bits per heavy atom. The second kappa shape index (κ2) is 6.65. The summed E-state index contributed by atoms with van der Waals surface area (Å²) in [5, 5.41) is 0. The third kappa shape index (κ3) is 2.67. The van der Waals surface area contributed by atoms with Crippen LogP contribution in [0.2, 0.25) is 0 Å². The Morgan fingerprint density at radius 3 is 2.09 bits per heavy atom. The first-order valence-electron chi connectivity index (χ1n) is 11.7. The van der Waals surface area contributed by atoms with Crippen LogP contribution in [0, 0.1) is 6.92 Å². The molecule has 1 nitrogen and oxygen atoms in total. The fourth-order valence-electron chi connectivity index (χ4n) is 5.94. The number of aryl methyl sites for hydroxylation is 2. The molecule has 0 radical (unpaired) electrons. The normalized spacial score (nSPS) is 17.0. The summed E-state index contributed by atoms with van der Waals surface area (Å²) < 4.78 is 2.23. The lowest BCUT2D eigenvalue weighted by Gasteiger charge is -2.40. The van der Waals surface area contributed by atoms with Gasteiger partial charge < -0.3 is 0 Å². The van der Waals surface area contributed by atoms with Gasteiger partial charge in [-0.1, -0.05) is 68.4 Å². The van der Waals surface area contributed by atoms with Gasteiger partial charge in [0.15, 0.2) is 6.20 Å². The van der Waals surface area contributed by atoms with E-state index in [1.807, 2.05) is 0 Å². The smallest absolute Gasteiger partial charge is 0.201 e. The Morgan fingerprint density at radius 1 is 0.688 bits per heavy atom. The largest absolute Gasteiger partial charge is 0.213 e. The summed E-state index contributed by atoms with van der Waals surface area (Å²) in [5.74, 6) is 0. The first-order chi connectivity index (χ1) is 15.4. The van der Waals surface area contributed by atoms with Crippen molar-refractivity contribution in [3.8, 4) is 22.4 Å². The third-order valence-corrected chi connectivity index (χ3v) is 7.98. The van der Waals surface area contributed by atoms with Crippen LogP contribution in [0.4, 0.5) is 0 Å². The number of aromatic nitrogens is 1. The Kier molecular flexibility index (Phi) is 4.05. The fraction of sp³-hybridized carbons (Fsp3) is 0.258. The molecule has 0 bridgehead atoms. The van der Waals surface area contributed by atoms with Crippen molar-refractivity contribution < 1.29 is 4.57 Å². The molecule has 0 amide bonds. The molecule has 1 heterocycles. The van der Waals surface area contributed by atoms with E-state index >= 15 is 0 Å². The number of benzene rings is 3. The molecule has 4 aromatic rings. The molecule has 158 valence electrons. The van der Waals surface area contributed by atoms with Gasteiger partial charge in [-0.15, -0.1) is 0 Å². The maximum absolute atomic E-state index is 2.50. The lowest BCUT2D eigenvalue weighted by atomic mass is 9.63. The van der Waals surface area contributed by atoms with Crippen molar-refractivity contribution in [2.24, 2.45) is 7.05 Å². The molecule has 0 N–H and O–H groups in total. The number of fused-ring (bicyclic) bond motifs is 4. The Hall–Kier alpha value is -3.19. The van der Waals surface area contributed by atoms with Gasteiger partial charge in [-0.05, 0) is 70.8 Å². The summed E-state index contributed by atoms with van der Waals surface area (Å²) in [6, 6.07) is 29.6. The van der Waals surface area contributed by atoms with Gasteiger partial charge >= 0.3 is 0 Å². The molecule has 0 aliphatic heterocycles. The summed E-state index contributed by atoms with van der Waals surface area (Å²) in [5.41, 5.74) is 12.8. The molecule has 1 heteroatoms. The Bertz CT molecular complexity index is 1370. The van der Waals surface area contributed by atoms with Crippen molar-refractivity contribution in [3.05, 3.63) is 113 Å². The maximum atomic E-state index is 2.50. The molecular formula is C31H30N+. The van der Waals surface area contributed by atoms with E-state index in [1.165, 1.54) is 51.9 Å². The molecule has 0 unspecified atom stereocenters. The van der Waals surface area contributed by atoms with E-state index in [2.05, 4.69) is 117 Å². The van der Waals surface area contributed by atoms with Gasteiger partial charge in [-0.3, -0.25) is 0 Å². The summed E-state index contributed by atoms with van der Waals surface area (Å²) in [4.78, 5) is 0. The first-order valence-corrected chi connectivity index (χ1v) is 11.7. The van der Waals surface area contributed by atoms with Crippen molar-refractivity contribution in [2.75, 3.05) is 0 Å². The molecule has 1 saturated carbocycles. The number of hydrogen-bond donors (Lipinski definition) is 0. The van der Waals surface area contributed by atoms with E-state index in [0.717, 1.165) is 0 Å². The molecule has 1 aromatic heterocycles. The molecule has 2 aliphatic rings. The number of pyridine rings is 1. The molecule has 0 saturated heterocycles. The van der Waals surface area contributed by atoms with E-state index in [-0.39, 0.29) is 10.8 Å². The van der Waals surface area contributed by atoms with Crippen LogP contribution in [-0.2, 0) is 17.9 Å². The Labute approximate surface area is 191 Å². The van der Waals surface area contributed by atoms with Crippen LogP contribution in [0.3, 0.4) is 0 Å². The second-order valence-electron chi connectivity index (χ2n) is 10.2. The highest BCUT2D eigenvalue weighted by Gasteiger charge is 2.53. The quantitative estimate of drug-likeness (QED) is 0.314. The Balaban J connectivity index is 1.52. The molecule has 6 rings (SSSR count). The van der Waals surface area contributed by atoms with Crippen LogP contribution in [0.1, 0.15) is 54.5 Å². The minimum atomic E-state index is 0.0355. The van der Waals surface area contributed by atoms with Gasteiger partial charge in [0.1, 0.15) is 7.05 Å². The van der Waals surface area contributed by atoms with Crippen LogP contribution in [0.25, 0.3) is 22.4 Å². The number of nitrogens with zero attached hydrogens (tertiary/aromatic N) is 1. The molecule has 1 spiro atoms. The minimum Gasteiger partial charge on any atom is -0.201 e. The van der Waals surface area contributed by atoms with Crippen molar-refractivity contribution in [3.63, 3.8) is 0 Å². The fourth-order valence-corrected chi connectivity index (χ4v) is 5.94. The van der Waals surface area contributed by atoms with Gasteiger partial charge in [0, 0.05) is 28.5 Å². The lowest BCUT2D eigenvalue weighted by molar-refractivity contribution is -0.660. The van der Waals surface area contributed by atoms with E-state index in [9.17, 15) is 0 Å². The highest BCUT2D eigenvalue weighted by Crippen LogP contribution is 2.61. The van der Waals surface area contributed by atoms with Gasteiger partial charge in [0.2, 0.25) is 5.69 Å². The van der Waals surface area contributed by atoms with Gasteiger partial charge in [-0.2, -0.15) is 0 Å². The van der Waals surface area contributed by atoms with Gasteiger partial charge in [-0.25, -0.2) is 4.57 Å². The summed E-state index contributed by atoms with van der Waals surface area (Å²) in [6.07, 6.45) is 4.71. The zero-order valence-electron chi connectivity index (χ0n) is 19.4. The van der Waals surface area contributed by atoms with Gasteiger partial charge in [0.25, 0.3) is 0 Å². The standard InChI is InChI=1S/C31H30N/c1-21-9-5-6-10-24(21)29-20-23(15-18-32(29)4)22-13-14-26-28(19-22)31(16-17-31)27-12-8-7-11-25(27)30(26,2)3/h5-15,18-20H,16-17H2,1-4H3/q+1. The van der Waals surface area contributed by atoms with E-state index in [0.29, 0.717) is 0 Å². The van der Waals surface area contributed by atoms with E-state index in [1.54, 1.807) is 11.1 Å². The monoisotopic (exact) mass is 416 g/mol. The molecule has 1 fully saturated rings. The second-order valence-corrected chi connectivity index (χ2v) is 10.2. The molecule has 3 aromatic carbocycles. The average Bonchev–Trinajstić information content (AvgIpc) is 3.61. The predicted molar refractivity (Wildman–Crippen MR) is 132 cm³/mol. The molecule has 2 aliphatic carbocycles. The predicted octanol–water partition coefficient (Wildman–Crippen LogP) is 6.87. The van der Waals surface area contributed by atoms with Crippen molar-refractivity contribution in [1.82, 2.24) is 0 Å². The van der Waals surface area contributed by atoms with E-state index in [4.69, 9.17) is 0 Å². The summed E-state index contributed by atoms with van der Waals surface area (Å²) in [6.45, 7) is 6.97. The van der Waals surface area contributed by atoms with Crippen molar-refractivity contribution in [1.29, 1.82) is 0 Å². The first kappa shape index (κ1) is 19.5. The highest BCUT2D eigenvalue weighted by atomic mass is 14.9. The minimum absolute atomic E-state index is 0.0355. The van der Waals surface area contributed by atoms with Crippen LogP contribution >= 0.6 is 0 Å². The molecular weight excluding hydrogens is 386 g/mol. The number of rotatable bonds is 2. The zero-order valence-corrected chi connectivity index (χ0v) is 19.4. The van der Waals surface area contributed by atoms with Crippen LogP contribution < -0.4 is 4.57 Å². The summed E-state index contributed by atoms with van der Waals surface area (Å²) >= 11 is 0. The SMILES string of the molecule is Cc1ccccc1-c1cc(-c2ccc3c(c2)C2(CC2)c2ccccc2C3(C)C)cc[n+]1C. The van der Waals surface area contributed by atoms with Crippen molar-refractivity contribution >= 4 is 0 Å². The average molecular weight is 417 g/mol. The highest BCUT2D eigenvalue weighted by molar-refractivity contribution is 5.73. The molecule has 0 atom stereocenters. The summed E-state index contributed by atoms with van der Waals surface area (Å²) in [7, 11) is 2.14. The van der Waals surface area contributed by atoms with Gasteiger partial charge in [0.05, 0.1) is 0 Å². The van der Waals surface area contributed by atoms with Crippen LogP contribution in [0.5, 0.6) is 0 Å². The van der Waals surface area contributed by atoms with E-state index < -0.39 is 0 Å². The van der Waals surface area contributed by atoms with Crippen molar-refractivity contribution in [2.45, 2.75) is 44.4 Å². The third-order valence-electron chi connectivity index (χ3n) is 7.98.